The van der Waals surface area contributed by atoms with Crippen molar-refractivity contribution in [2.45, 2.75) is 45.6 Å². The molecule has 8 heteroatoms. The molecule has 0 aromatic heterocycles. The van der Waals surface area contributed by atoms with E-state index in [0.717, 1.165) is 28.0 Å². The summed E-state index contributed by atoms with van der Waals surface area (Å²) in [6, 6.07) is 6.66. The number of fused-ring (bicyclic) bond motifs is 1. The lowest BCUT2D eigenvalue weighted by Crippen LogP contribution is -2.40. The summed E-state index contributed by atoms with van der Waals surface area (Å²) in [6.07, 6.45) is 1.90. The van der Waals surface area contributed by atoms with Crippen molar-refractivity contribution in [3.63, 3.8) is 0 Å². The number of hydrogen-bond acceptors (Lipinski definition) is 4. The Balaban J connectivity index is 1.76. The van der Waals surface area contributed by atoms with Gasteiger partial charge in [0.25, 0.3) is 5.92 Å². The van der Waals surface area contributed by atoms with Crippen LogP contribution in [0.3, 0.4) is 0 Å². The molecule has 0 bridgehead atoms. The first-order valence-electron chi connectivity index (χ1n) is 12.0. The van der Waals surface area contributed by atoms with E-state index in [4.69, 9.17) is 16.3 Å². The molecule has 4 rings (SSSR count). The highest BCUT2D eigenvalue weighted by molar-refractivity contribution is 6.31. The van der Waals surface area contributed by atoms with Crippen LogP contribution in [0.5, 0.6) is 5.75 Å². The molecule has 1 N–H and O–H groups in total. The second kappa shape index (κ2) is 10.0. The molecule has 1 saturated heterocycles. The van der Waals surface area contributed by atoms with Gasteiger partial charge in [-0.3, -0.25) is 0 Å². The summed E-state index contributed by atoms with van der Waals surface area (Å²) >= 11 is 6.19. The van der Waals surface area contributed by atoms with Crippen LogP contribution in [0.2, 0.25) is 5.02 Å². The summed E-state index contributed by atoms with van der Waals surface area (Å²) in [5.74, 6) is -2.62. The van der Waals surface area contributed by atoms with Crippen LogP contribution in [-0.2, 0) is 6.42 Å². The van der Waals surface area contributed by atoms with Crippen molar-refractivity contribution in [2.24, 2.45) is 5.92 Å². The third kappa shape index (κ3) is 4.96. The zero-order valence-electron chi connectivity index (χ0n) is 21.0. The Labute approximate surface area is 215 Å². The molecule has 0 saturated carbocycles. The Bertz CT molecular complexity index is 1210. The van der Waals surface area contributed by atoms with Crippen molar-refractivity contribution >= 4 is 28.5 Å². The van der Waals surface area contributed by atoms with Gasteiger partial charge in [0.2, 0.25) is 0 Å². The lowest BCUT2D eigenvalue weighted by Gasteiger charge is -2.38. The Morgan fingerprint density at radius 2 is 1.92 bits per heavy atom. The fourth-order valence-electron chi connectivity index (χ4n) is 4.96. The minimum Gasteiger partial charge on any atom is -0.496 e. The van der Waals surface area contributed by atoms with Crippen LogP contribution < -0.4 is 14.5 Å². The van der Waals surface area contributed by atoms with Gasteiger partial charge in [-0.05, 0) is 53.3 Å². The van der Waals surface area contributed by atoms with Crippen LogP contribution in [0.25, 0.3) is 5.57 Å². The molecule has 2 aromatic rings. The second-order valence-electron chi connectivity index (χ2n) is 9.98. The topological polar surface area (TPSA) is 35.9 Å². The number of ether oxygens (including phenoxy) is 1. The van der Waals surface area contributed by atoms with Gasteiger partial charge in [0.05, 0.1) is 37.0 Å². The standard InChI is InChI=1S/C28H32ClF3N2O2/c1-16(2)25(14-35)34-13-17(3)18(4)22-10-19(26(36-5)12-24(22)34)8-20-9-21(11-23(29)27(20)30)33-7-6-28(31,32)15-33/h9-13,16,25,35H,4,6-8,14-15H2,1-3,5H3. The van der Waals surface area contributed by atoms with E-state index in [1.807, 2.05) is 30.2 Å². The average Bonchev–Trinajstić information content (AvgIpc) is 3.19. The van der Waals surface area contributed by atoms with E-state index in [0.29, 0.717) is 17.0 Å². The van der Waals surface area contributed by atoms with Gasteiger partial charge in [0.15, 0.2) is 0 Å². The number of rotatable bonds is 7. The van der Waals surface area contributed by atoms with E-state index in [9.17, 15) is 13.9 Å². The van der Waals surface area contributed by atoms with Crippen LogP contribution in [0.15, 0.2) is 42.6 Å². The van der Waals surface area contributed by atoms with Crippen LogP contribution in [0.1, 0.15) is 43.9 Å². The second-order valence-corrected chi connectivity index (χ2v) is 10.4. The lowest BCUT2D eigenvalue weighted by atomic mass is 9.89. The summed E-state index contributed by atoms with van der Waals surface area (Å²) in [5, 5.41) is 9.97. The maximum Gasteiger partial charge on any atom is 0.266 e. The molecule has 194 valence electrons. The van der Waals surface area contributed by atoms with Gasteiger partial charge in [-0.2, -0.15) is 0 Å². The van der Waals surface area contributed by atoms with E-state index in [2.05, 4.69) is 20.4 Å². The normalized spacial score (nSPS) is 17.9. The van der Waals surface area contributed by atoms with Crippen molar-refractivity contribution in [1.29, 1.82) is 0 Å². The number of methoxy groups -OCH3 is 1. The van der Waals surface area contributed by atoms with E-state index in [1.54, 1.807) is 13.2 Å². The fraction of sp³-hybridized carbons (Fsp3) is 0.429. The molecule has 2 aromatic carbocycles. The highest BCUT2D eigenvalue weighted by atomic mass is 35.5. The lowest BCUT2D eigenvalue weighted by molar-refractivity contribution is 0.0257. The largest absolute Gasteiger partial charge is 0.496 e. The van der Waals surface area contributed by atoms with Gasteiger partial charge < -0.3 is 19.6 Å². The summed E-state index contributed by atoms with van der Waals surface area (Å²) in [4.78, 5) is 3.58. The molecule has 36 heavy (non-hydrogen) atoms. The first-order chi connectivity index (χ1) is 17.0. The van der Waals surface area contributed by atoms with Gasteiger partial charge in [-0.1, -0.05) is 32.0 Å². The zero-order chi connectivity index (χ0) is 26.4. The third-order valence-corrected chi connectivity index (χ3v) is 7.40. The molecule has 0 aliphatic carbocycles. The minimum atomic E-state index is -2.78. The van der Waals surface area contributed by atoms with Crippen molar-refractivity contribution in [3.8, 4) is 5.75 Å². The van der Waals surface area contributed by atoms with E-state index in [1.165, 1.54) is 11.0 Å². The first-order valence-corrected chi connectivity index (χ1v) is 12.4. The molecule has 1 fully saturated rings. The zero-order valence-corrected chi connectivity index (χ0v) is 21.8. The first kappa shape index (κ1) is 26.4. The van der Waals surface area contributed by atoms with E-state index in [-0.39, 0.29) is 43.0 Å². The van der Waals surface area contributed by atoms with Gasteiger partial charge in [0.1, 0.15) is 11.6 Å². The summed E-state index contributed by atoms with van der Waals surface area (Å²) < 4.78 is 48.4. The predicted octanol–water partition coefficient (Wildman–Crippen LogP) is 6.68. The molecule has 0 spiro atoms. The molecule has 2 aliphatic rings. The number of benzene rings is 2. The molecule has 2 aliphatic heterocycles. The van der Waals surface area contributed by atoms with Crippen LogP contribution >= 0.6 is 11.6 Å². The number of anilines is 2. The fourth-order valence-corrected chi connectivity index (χ4v) is 5.20. The Hall–Kier alpha value is -2.64. The molecular weight excluding hydrogens is 489 g/mol. The van der Waals surface area contributed by atoms with Crippen LogP contribution in [0, 0.1) is 11.7 Å². The van der Waals surface area contributed by atoms with Crippen molar-refractivity contribution in [3.05, 3.63) is 70.1 Å². The minimum absolute atomic E-state index is 0.0243. The van der Waals surface area contributed by atoms with E-state index >= 15 is 4.39 Å². The van der Waals surface area contributed by atoms with Crippen LogP contribution in [-0.4, -0.2) is 43.9 Å². The maximum absolute atomic E-state index is 15.1. The van der Waals surface area contributed by atoms with Crippen LogP contribution in [0.4, 0.5) is 24.5 Å². The summed E-state index contributed by atoms with van der Waals surface area (Å²) in [5.41, 5.74) is 5.00. The molecule has 0 amide bonds. The quantitative estimate of drug-likeness (QED) is 0.442. The van der Waals surface area contributed by atoms with Gasteiger partial charge in [-0.25, -0.2) is 13.2 Å². The molecule has 1 atom stereocenters. The number of hydrogen-bond donors (Lipinski definition) is 1. The molecule has 4 nitrogen and oxygen atoms in total. The number of aliphatic hydroxyl groups excluding tert-OH is 1. The van der Waals surface area contributed by atoms with Crippen molar-refractivity contribution in [1.82, 2.24) is 0 Å². The van der Waals surface area contributed by atoms with Gasteiger partial charge in [-0.15, -0.1) is 0 Å². The van der Waals surface area contributed by atoms with E-state index < -0.39 is 18.3 Å². The maximum atomic E-state index is 15.1. The molecule has 0 radical (unpaired) electrons. The Morgan fingerprint density at radius 1 is 1.19 bits per heavy atom. The highest BCUT2D eigenvalue weighted by Gasteiger charge is 2.38. The monoisotopic (exact) mass is 520 g/mol. The molecule has 2 heterocycles. The number of halogens is 4. The highest BCUT2D eigenvalue weighted by Crippen LogP contribution is 2.43. The molecule has 1 unspecified atom stereocenters. The SMILES string of the molecule is C=C1C(C)=CN(C(CO)C(C)C)c2cc(OC)c(Cc3cc(N4CCC(F)(F)C4)cc(Cl)c3F)cc21. The summed E-state index contributed by atoms with van der Waals surface area (Å²) in [6.45, 7) is 10.0. The number of nitrogens with zero attached hydrogens (tertiary/aromatic N) is 2. The van der Waals surface area contributed by atoms with Gasteiger partial charge in [0, 0.05) is 42.9 Å². The van der Waals surface area contributed by atoms with Crippen molar-refractivity contribution in [2.75, 3.05) is 36.6 Å². The van der Waals surface area contributed by atoms with Gasteiger partial charge >= 0.3 is 0 Å². The smallest absolute Gasteiger partial charge is 0.266 e. The Morgan fingerprint density at radius 3 is 2.50 bits per heavy atom. The van der Waals surface area contributed by atoms with Crippen molar-refractivity contribution < 1.29 is 23.0 Å². The number of allylic oxidation sites excluding steroid dienone is 2. The number of aliphatic hydroxyl groups is 1. The predicted molar refractivity (Wildman–Crippen MR) is 140 cm³/mol. The third-order valence-electron chi connectivity index (χ3n) is 7.13. The molecular formula is C28H32ClF3N2O2. The number of alkyl halides is 2. The summed E-state index contributed by atoms with van der Waals surface area (Å²) in [7, 11) is 1.55. The Kier molecular flexibility index (Phi) is 7.35. The average molecular weight is 521 g/mol.